The summed E-state index contributed by atoms with van der Waals surface area (Å²) < 4.78 is 5.30. The molecule has 0 aromatic heterocycles. The molecule has 0 heterocycles. The minimum atomic E-state index is 0.311. The quantitative estimate of drug-likeness (QED) is 0.805. The van der Waals surface area contributed by atoms with E-state index in [1.165, 1.54) is 24.9 Å². The van der Waals surface area contributed by atoms with Gasteiger partial charge in [0.15, 0.2) is 0 Å². The van der Waals surface area contributed by atoms with E-state index in [0.717, 1.165) is 18.2 Å². The minimum Gasteiger partial charge on any atom is -0.497 e. The van der Waals surface area contributed by atoms with Crippen LogP contribution in [0, 0.1) is 5.92 Å². The second-order valence-electron chi connectivity index (χ2n) is 5.06. The van der Waals surface area contributed by atoms with Crippen LogP contribution in [-0.2, 0) is 0 Å². The zero-order valence-electron chi connectivity index (χ0n) is 11.4. The lowest BCUT2D eigenvalue weighted by molar-refractivity contribution is 0.203. The van der Waals surface area contributed by atoms with Crippen LogP contribution in [-0.4, -0.2) is 31.6 Å². The summed E-state index contributed by atoms with van der Waals surface area (Å²) in [6, 6.07) is 8.59. The van der Waals surface area contributed by atoms with Gasteiger partial charge in [-0.25, -0.2) is 0 Å². The molecule has 1 aromatic rings. The van der Waals surface area contributed by atoms with Gasteiger partial charge in [0.1, 0.15) is 5.75 Å². The van der Waals surface area contributed by atoms with Crippen LogP contribution in [0.2, 0.25) is 0 Å². The number of nitrogens with zero attached hydrogens (tertiary/aromatic N) is 1. The van der Waals surface area contributed by atoms with Crippen molar-refractivity contribution in [2.45, 2.75) is 25.8 Å². The van der Waals surface area contributed by atoms with E-state index in [-0.39, 0.29) is 0 Å². The summed E-state index contributed by atoms with van der Waals surface area (Å²) in [5, 5.41) is 0. The Bertz CT molecular complexity index is 377. The summed E-state index contributed by atoms with van der Waals surface area (Å²) in [5.74, 6) is 1.80. The van der Waals surface area contributed by atoms with Crippen molar-refractivity contribution in [2.75, 3.05) is 26.7 Å². The average molecular weight is 248 g/mol. The molecule has 0 radical (unpaired) electrons. The molecular formula is C15H24N2O. The van der Waals surface area contributed by atoms with Gasteiger partial charge in [-0.3, -0.25) is 4.90 Å². The first-order valence-electron chi connectivity index (χ1n) is 6.86. The Balaban J connectivity index is 2.13. The zero-order chi connectivity index (χ0) is 13.0. The van der Waals surface area contributed by atoms with E-state index in [4.69, 9.17) is 10.5 Å². The third kappa shape index (κ3) is 3.24. The number of hydrogen-bond acceptors (Lipinski definition) is 3. The van der Waals surface area contributed by atoms with E-state index < -0.39 is 0 Å². The Kier molecular flexibility index (Phi) is 4.61. The van der Waals surface area contributed by atoms with Gasteiger partial charge in [0.05, 0.1) is 7.11 Å². The van der Waals surface area contributed by atoms with E-state index in [1.54, 1.807) is 7.11 Å². The summed E-state index contributed by atoms with van der Waals surface area (Å²) >= 11 is 0. The van der Waals surface area contributed by atoms with Crippen LogP contribution in [0.4, 0.5) is 0 Å². The predicted octanol–water partition coefficient (Wildman–Crippen LogP) is 2.43. The van der Waals surface area contributed by atoms with Crippen molar-refractivity contribution in [2.24, 2.45) is 11.7 Å². The van der Waals surface area contributed by atoms with Crippen LogP contribution in [0.25, 0.3) is 0 Å². The zero-order valence-corrected chi connectivity index (χ0v) is 11.4. The van der Waals surface area contributed by atoms with Gasteiger partial charge in [-0.1, -0.05) is 19.1 Å². The summed E-state index contributed by atoms with van der Waals surface area (Å²) in [6.07, 6.45) is 2.76. The molecule has 100 valence electrons. The fourth-order valence-corrected chi connectivity index (χ4v) is 2.45. The van der Waals surface area contributed by atoms with E-state index in [2.05, 4.69) is 24.0 Å². The molecule has 18 heavy (non-hydrogen) atoms. The van der Waals surface area contributed by atoms with Crippen LogP contribution < -0.4 is 10.5 Å². The molecule has 0 spiro atoms. The average Bonchev–Trinajstić information content (AvgIpc) is 3.22. The van der Waals surface area contributed by atoms with Crippen LogP contribution in [0.5, 0.6) is 5.75 Å². The Hall–Kier alpha value is -1.06. The van der Waals surface area contributed by atoms with Crippen molar-refractivity contribution in [3.8, 4) is 5.75 Å². The first kappa shape index (κ1) is 13.4. The first-order chi connectivity index (χ1) is 8.78. The lowest BCUT2D eigenvalue weighted by Crippen LogP contribution is -2.35. The summed E-state index contributed by atoms with van der Waals surface area (Å²) in [7, 11) is 1.71. The van der Waals surface area contributed by atoms with Crippen molar-refractivity contribution < 1.29 is 4.74 Å². The van der Waals surface area contributed by atoms with Gasteiger partial charge in [0.25, 0.3) is 0 Å². The SMILES string of the molecule is CCN(CC1CC1)C(CN)c1cccc(OC)c1. The highest BCUT2D eigenvalue weighted by Crippen LogP contribution is 2.33. The van der Waals surface area contributed by atoms with Gasteiger partial charge in [0, 0.05) is 19.1 Å². The van der Waals surface area contributed by atoms with E-state index in [1.807, 2.05) is 12.1 Å². The highest BCUT2D eigenvalue weighted by molar-refractivity contribution is 5.30. The number of benzene rings is 1. The molecule has 1 aromatic carbocycles. The molecular weight excluding hydrogens is 224 g/mol. The molecule has 1 aliphatic rings. The lowest BCUT2D eigenvalue weighted by atomic mass is 10.0. The number of likely N-dealkylation sites (N-methyl/N-ethyl adjacent to an activating group) is 1. The number of hydrogen-bond donors (Lipinski definition) is 1. The number of nitrogens with two attached hydrogens (primary N) is 1. The smallest absolute Gasteiger partial charge is 0.119 e. The first-order valence-corrected chi connectivity index (χ1v) is 6.86. The Morgan fingerprint density at radius 3 is 2.78 bits per heavy atom. The van der Waals surface area contributed by atoms with E-state index in [9.17, 15) is 0 Å². The molecule has 2 N–H and O–H groups in total. The van der Waals surface area contributed by atoms with Crippen molar-refractivity contribution in [3.05, 3.63) is 29.8 Å². The molecule has 1 atom stereocenters. The monoisotopic (exact) mass is 248 g/mol. The van der Waals surface area contributed by atoms with Crippen LogP contribution in [0.1, 0.15) is 31.4 Å². The summed E-state index contributed by atoms with van der Waals surface area (Å²) in [4.78, 5) is 2.49. The minimum absolute atomic E-state index is 0.311. The van der Waals surface area contributed by atoms with E-state index in [0.29, 0.717) is 12.6 Å². The van der Waals surface area contributed by atoms with Gasteiger partial charge in [-0.2, -0.15) is 0 Å². The van der Waals surface area contributed by atoms with Gasteiger partial charge in [-0.05, 0) is 43.0 Å². The number of rotatable bonds is 7. The summed E-state index contributed by atoms with van der Waals surface area (Å²) in [6.45, 7) is 5.10. The molecule has 2 rings (SSSR count). The second kappa shape index (κ2) is 6.21. The molecule has 3 nitrogen and oxygen atoms in total. The molecule has 0 saturated heterocycles. The van der Waals surface area contributed by atoms with Crippen LogP contribution in [0.15, 0.2) is 24.3 Å². The van der Waals surface area contributed by atoms with Gasteiger partial charge < -0.3 is 10.5 Å². The third-order valence-electron chi connectivity index (χ3n) is 3.74. The largest absolute Gasteiger partial charge is 0.497 e. The number of methoxy groups -OCH3 is 1. The molecule has 0 bridgehead atoms. The fraction of sp³-hybridized carbons (Fsp3) is 0.600. The third-order valence-corrected chi connectivity index (χ3v) is 3.74. The Labute approximate surface area is 110 Å². The molecule has 1 saturated carbocycles. The Morgan fingerprint density at radius 2 is 2.22 bits per heavy atom. The predicted molar refractivity (Wildman–Crippen MR) is 74.8 cm³/mol. The molecule has 1 unspecified atom stereocenters. The van der Waals surface area contributed by atoms with Gasteiger partial charge in [0.2, 0.25) is 0 Å². The van der Waals surface area contributed by atoms with Gasteiger partial charge in [-0.15, -0.1) is 0 Å². The highest BCUT2D eigenvalue weighted by atomic mass is 16.5. The normalized spacial score (nSPS) is 16.9. The van der Waals surface area contributed by atoms with Crippen molar-refractivity contribution in [1.82, 2.24) is 4.90 Å². The lowest BCUT2D eigenvalue weighted by Gasteiger charge is -2.30. The molecule has 0 aliphatic heterocycles. The Morgan fingerprint density at radius 1 is 1.44 bits per heavy atom. The summed E-state index contributed by atoms with van der Waals surface area (Å²) in [5.41, 5.74) is 7.25. The highest BCUT2D eigenvalue weighted by Gasteiger charge is 2.27. The van der Waals surface area contributed by atoms with Crippen LogP contribution >= 0.6 is 0 Å². The maximum absolute atomic E-state index is 5.99. The molecule has 1 fully saturated rings. The standard InChI is InChI=1S/C15H24N2O/c1-3-17(11-12-7-8-12)15(10-16)13-5-4-6-14(9-13)18-2/h4-6,9,12,15H,3,7-8,10-11,16H2,1-2H3. The van der Waals surface area contributed by atoms with E-state index >= 15 is 0 Å². The van der Waals surface area contributed by atoms with Crippen molar-refractivity contribution in [3.63, 3.8) is 0 Å². The molecule has 3 heteroatoms. The molecule has 1 aliphatic carbocycles. The second-order valence-corrected chi connectivity index (χ2v) is 5.06. The van der Waals surface area contributed by atoms with Gasteiger partial charge >= 0.3 is 0 Å². The number of ether oxygens (including phenoxy) is 1. The fourth-order valence-electron chi connectivity index (χ4n) is 2.45. The molecule has 0 amide bonds. The van der Waals surface area contributed by atoms with Crippen LogP contribution in [0.3, 0.4) is 0 Å². The maximum atomic E-state index is 5.99. The topological polar surface area (TPSA) is 38.5 Å². The van der Waals surface area contributed by atoms with Crippen molar-refractivity contribution >= 4 is 0 Å². The van der Waals surface area contributed by atoms with Crippen molar-refractivity contribution in [1.29, 1.82) is 0 Å². The maximum Gasteiger partial charge on any atom is 0.119 e.